The van der Waals surface area contributed by atoms with Crippen molar-refractivity contribution in [3.05, 3.63) is 46.7 Å². The molecule has 1 aliphatic heterocycles. The second-order valence-corrected chi connectivity index (χ2v) is 6.38. The zero-order valence-corrected chi connectivity index (χ0v) is 12.7. The normalized spacial score (nSPS) is 15.3. The molecule has 106 valence electrons. The van der Waals surface area contributed by atoms with Gasteiger partial charge in [0.15, 0.2) is 0 Å². The average molecular weight is 286 g/mol. The minimum Gasteiger partial charge on any atom is -0.385 e. The molecule has 1 N–H and O–H groups in total. The molecule has 1 saturated heterocycles. The molecular weight excluding hydrogens is 264 g/mol. The van der Waals surface area contributed by atoms with Gasteiger partial charge in [0.05, 0.1) is 0 Å². The third-order valence-electron chi connectivity index (χ3n) is 3.87. The predicted octanol–water partition coefficient (Wildman–Crippen LogP) is 4.39. The molecule has 0 amide bonds. The highest BCUT2D eigenvalue weighted by atomic mass is 32.1. The van der Waals surface area contributed by atoms with Gasteiger partial charge in [-0.25, -0.2) is 0 Å². The largest absolute Gasteiger partial charge is 0.385 e. The lowest BCUT2D eigenvalue weighted by Gasteiger charge is -2.28. The van der Waals surface area contributed by atoms with Crippen molar-refractivity contribution >= 4 is 22.7 Å². The number of benzene rings is 1. The smallest absolute Gasteiger partial charge is 0.0367 e. The van der Waals surface area contributed by atoms with Crippen LogP contribution in [0.2, 0.25) is 0 Å². The summed E-state index contributed by atoms with van der Waals surface area (Å²) in [6.45, 7) is 3.43. The van der Waals surface area contributed by atoms with Crippen LogP contribution in [0, 0.1) is 0 Å². The number of rotatable bonds is 5. The Morgan fingerprint density at radius 1 is 1.00 bits per heavy atom. The van der Waals surface area contributed by atoms with Crippen LogP contribution >= 0.6 is 11.3 Å². The first-order chi connectivity index (χ1) is 9.92. The van der Waals surface area contributed by atoms with Crippen molar-refractivity contribution in [2.45, 2.75) is 25.7 Å². The van der Waals surface area contributed by atoms with E-state index in [1.54, 1.807) is 0 Å². The molecule has 0 unspecified atom stereocenters. The first kappa shape index (κ1) is 13.5. The maximum atomic E-state index is 3.50. The van der Waals surface area contributed by atoms with E-state index in [1.807, 2.05) is 11.3 Å². The van der Waals surface area contributed by atoms with E-state index >= 15 is 0 Å². The summed E-state index contributed by atoms with van der Waals surface area (Å²) >= 11 is 1.83. The fourth-order valence-corrected chi connectivity index (χ4v) is 3.44. The maximum Gasteiger partial charge on any atom is 0.0367 e. The SMILES string of the molecule is c1csc(CCNc2ccc(N3CCCCC3)cc2)c1. The second kappa shape index (κ2) is 6.80. The monoisotopic (exact) mass is 286 g/mol. The Bertz CT molecular complexity index is 498. The third-order valence-corrected chi connectivity index (χ3v) is 4.81. The van der Waals surface area contributed by atoms with E-state index in [9.17, 15) is 0 Å². The van der Waals surface area contributed by atoms with Crippen molar-refractivity contribution in [1.29, 1.82) is 0 Å². The molecule has 0 saturated carbocycles. The van der Waals surface area contributed by atoms with Crippen LogP contribution in [0.15, 0.2) is 41.8 Å². The van der Waals surface area contributed by atoms with Gasteiger partial charge in [0, 0.05) is 35.9 Å². The number of hydrogen-bond donors (Lipinski definition) is 1. The number of nitrogens with zero attached hydrogens (tertiary/aromatic N) is 1. The zero-order valence-electron chi connectivity index (χ0n) is 11.8. The topological polar surface area (TPSA) is 15.3 Å². The van der Waals surface area contributed by atoms with E-state index in [4.69, 9.17) is 0 Å². The molecule has 20 heavy (non-hydrogen) atoms. The van der Waals surface area contributed by atoms with Gasteiger partial charge in [0.1, 0.15) is 0 Å². The van der Waals surface area contributed by atoms with Gasteiger partial charge < -0.3 is 10.2 Å². The van der Waals surface area contributed by atoms with Gasteiger partial charge in [0.2, 0.25) is 0 Å². The van der Waals surface area contributed by atoms with Gasteiger partial charge in [-0.05, 0) is 61.4 Å². The molecule has 1 fully saturated rings. The van der Waals surface area contributed by atoms with Crippen LogP contribution in [0.4, 0.5) is 11.4 Å². The Hall–Kier alpha value is -1.48. The number of thiophene rings is 1. The lowest BCUT2D eigenvalue weighted by atomic mass is 10.1. The number of nitrogens with one attached hydrogen (secondary N) is 1. The molecule has 0 atom stereocenters. The molecule has 1 aromatic carbocycles. The van der Waals surface area contributed by atoms with Gasteiger partial charge in [-0.15, -0.1) is 11.3 Å². The Morgan fingerprint density at radius 3 is 2.50 bits per heavy atom. The first-order valence-electron chi connectivity index (χ1n) is 7.53. The van der Waals surface area contributed by atoms with Crippen molar-refractivity contribution in [2.24, 2.45) is 0 Å². The molecule has 1 aromatic heterocycles. The molecule has 0 aliphatic carbocycles. The van der Waals surface area contributed by atoms with Gasteiger partial charge in [-0.3, -0.25) is 0 Å². The molecule has 2 heterocycles. The Balaban J connectivity index is 1.50. The van der Waals surface area contributed by atoms with E-state index in [0.717, 1.165) is 13.0 Å². The second-order valence-electron chi connectivity index (χ2n) is 5.35. The van der Waals surface area contributed by atoms with E-state index < -0.39 is 0 Å². The average Bonchev–Trinajstić information content (AvgIpc) is 3.02. The van der Waals surface area contributed by atoms with Crippen molar-refractivity contribution < 1.29 is 0 Å². The molecule has 3 rings (SSSR count). The van der Waals surface area contributed by atoms with Crippen molar-refractivity contribution in [3.63, 3.8) is 0 Å². The Morgan fingerprint density at radius 2 is 1.80 bits per heavy atom. The van der Waals surface area contributed by atoms with Crippen LogP contribution < -0.4 is 10.2 Å². The molecular formula is C17H22N2S. The summed E-state index contributed by atoms with van der Waals surface area (Å²) in [6.07, 6.45) is 5.16. The highest BCUT2D eigenvalue weighted by Crippen LogP contribution is 2.21. The number of anilines is 2. The van der Waals surface area contributed by atoms with Crippen molar-refractivity contribution in [2.75, 3.05) is 29.9 Å². The number of piperidine rings is 1. The zero-order chi connectivity index (χ0) is 13.6. The van der Waals surface area contributed by atoms with Crippen LogP contribution in [0.5, 0.6) is 0 Å². The molecule has 0 bridgehead atoms. The quantitative estimate of drug-likeness (QED) is 0.876. The lowest BCUT2D eigenvalue weighted by molar-refractivity contribution is 0.578. The van der Waals surface area contributed by atoms with Gasteiger partial charge >= 0.3 is 0 Å². The van der Waals surface area contributed by atoms with E-state index in [1.165, 1.54) is 48.6 Å². The minimum atomic E-state index is 1.00. The summed E-state index contributed by atoms with van der Waals surface area (Å²) in [4.78, 5) is 3.95. The highest BCUT2D eigenvalue weighted by Gasteiger charge is 2.10. The standard InChI is InChI=1S/C17H22N2S/c1-2-12-19(13-3-1)16-8-6-15(7-9-16)18-11-10-17-5-4-14-20-17/h4-9,14,18H,1-3,10-13H2. The summed E-state index contributed by atoms with van der Waals surface area (Å²) in [7, 11) is 0. The van der Waals surface area contributed by atoms with Crippen LogP contribution in [-0.4, -0.2) is 19.6 Å². The maximum absolute atomic E-state index is 3.50. The van der Waals surface area contributed by atoms with Crippen LogP contribution in [0.1, 0.15) is 24.1 Å². The minimum absolute atomic E-state index is 1.00. The first-order valence-corrected chi connectivity index (χ1v) is 8.41. The van der Waals surface area contributed by atoms with Gasteiger partial charge in [-0.2, -0.15) is 0 Å². The van der Waals surface area contributed by atoms with Crippen molar-refractivity contribution in [1.82, 2.24) is 0 Å². The molecule has 3 heteroatoms. The summed E-state index contributed by atoms with van der Waals surface area (Å²) in [5.74, 6) is 0. The fourth-order valence-electron chi connectivity index (χ4n) is 2.73. The molecule has 0 radical (unpaired) electrons. The van der Waals surface area contributed by atoms with Crippen LogP contribution in [-0.2, 0) is 6.42 Å². The Kier molecular flexibility index (Phi) is 4.59. The lowest BCUT2D eigenvalue weighted by Crippen LogP contribution is -2.29. The van der Waals surface area contributed by atoms with Gasteiger partial charge in [-0.1, -0.05) is 6.07 Å². The molecule has 2 aromatic rings. The molecule has 1 aliphatic rings. The van der Waals surface area contributed by atoms with E-state index in [2.05, 4.69) is 52.0 Å². The summed E-state index contributed by atoms with van der Waals surface area (Å²) in [5.41, 5.74) is 2.59. The molecule has 0 spiro atoms. The fraction of sp³-hybridized carbons (Fsp3) is 0.412. The van der Waals surface area contributed by atoms with E-state index in [0.29, 0.717) is 0 Å². The number of hydrogen-bond acceptors (Lipinski definition) is 3. The summed E-state index contributed by atoms with van der Waals surface area (Å²) in [5, 5.41) is 5.64. The van der Waals surface area contributed by atoms with Gasteiger partial charge in [0.25, 0.3) is 0 Å². The summed E-state index contributed by atoms with van der Waals surface area (Å²) < 4.78 is 0. The predicted molar refractivity (Wildman–Crippen MR) is 89.0 cm³/mol. The van der Waals surface area contributed by atoms with E-state index in [-0.39, 0.29) is 0 Å². The highest BCUT2D eigenvalue weighted by molar-refractivity contribution is 7.09. The van der Waals surface area contributed by atoms with Crippen LogP contribution in [0.3, 0.4) is 0 Å². The molecule has 2 nitrogen and oxygen atoms in total. The third kappa shape index (κ3) is 3.54. The Labute approximate surface area is 125 Å². The summed E-state index contributed by atoms with van der Waals surface area (Å²) in [6, 6.07) is 13.2. The van der Waals surface area contributed by atoms with Crippen molar-refractivity contribution in [3.8, 4) is 0 Å². The van der Waals surface area contributed by atoms with Crippen LogP contribution in [0.25, 0.3) is 0 Å².